The van der Waals surface area contributed by atoms with Crippen LogP contribution in [0.25, 0.3) is 0 Å². The second-order valence-corrected chi connectivity index (χ2v) is 3.10. The van der Waals surface area contributed by atoms with Gasteiger partial charge in [-0.25, -0.2) is 0 Å². The van der Waals surface area contributed by atoms with Crippen LogP contribution in [-0.2, 0) is 4.74 Å². The van der Waals surface area contributed by atoms with Crippen LogP contribution >= 0.6 is 0 Å². The van der Waals surface area contributed by atoms with Crippen LogP contribution in [0.1, 0.15) is 33.6 Å². The van der Waals surface area contributed by atoms with Gasteiger partial charge in [-0.05, 0) is 27.3 Å². The van der Waals surface area contributed by atoms with Gasteiger partial charge >= 0.3 is 0 Å². The molecule has 0 aliphatic heterocycles. The first kappa shape index (κ1) is 10.9. The van der Waals surface area contributed by atoms with Crippen molar-refractivity contribution in [3.63, 3.8) is 0 Å². The average Bonchev–Trinajstić information content (AvgIpc) is 1.87. The third kappa shape index (κ3) is 6.32. The molecule has 0 saturated heterocycles. The molecule has 2 atom stereocenters. The zero-order chi connectivity index (χ0) is 8.69. The predicted octanol–water partition coefficient (Wildman–Crippen LogP) is 1.80. The van der Waals surface area contributed by atoms with Crippen molar-refractivity contribution in [1.29, 1.82) is 0 Å². The molecule has 0 aromatic rings. The van der Waals surface area contributed by atoms with E-state index >= 15 is 0 Å². The third-order valence-electron chi connectivity index (χ3n) is 1.65. The molecule has 0 spiro atoms. The van der Waals surface area contributed by atoms with Gasteiger partial charge in [0.2, 0.25) is 0 Å². The summed E-state index contributed by atoms with van der Waals surface area (Å²) in [5.41, 5.74) is 0. The molecule has 2 nitrogen and oxygen atoms in total. The molecule has 0 heterocycles. The maximum Gasteiger partial charge on any atom is 0.0674 e. The van der Waals surface area contributed by atoms with Gasteiger partial charge in [-0.3, -0.25) is 0 Å². The Bertz CT molecular complexity index is 75.6. The van der Waals surface area contributed by atoms with E-state index in [1.807, 2.05) is 7.05 Å². The Balaban J connectivity index is 3.32. The van der Waals surface area contributed by atoms with E-state index in [2.05, 4.69) is 26.1 Å². The van der Waals surface area contributed by atoms with Crippen LogP contribution in [0.3, 0.4) is 0 Å². The Hall–Kier alpha value is -0.0800. The van der Waals surface area contributed by atoms with Crippen LogP contribution < -0.4 is 5.32 Å². The van der Waals surface area contributed by atoms with E-state index in [1.54, 1.807) is 0 Å². The third-order valence-corrected chi connectivity index (χ3v) is 1.65. The largest absolute Gasteiger partial charge is 0.374 e. The minimum Gasteiger partial charge on any atom is -0.374 e. The molecule has 0 aliphatic carbocycles. The number of hydrogen-bond acceptors (Lipinski definition) is 2. The smallest absolute Gasteiger partial charge is 0.0674 e. The first-order valence-corrected chi connectivity index (χ1v) is 4.50. The van der Waals surface area contributed by atoms with E-state index < -0.39 is 0 Å². The Morgan fingerprint density at radius 3 is 2.36 bits per heavy atom. The lowest BCUT2D eigenvalue weighted by Crippen LogP contribution is -2.27. The van der Waals surface area contributed by atoms with E-state index in [9.17, 15) is 0 Å². The molecule has 2 heteroatoms. The van der Waals surface area contributed by atoms with Crippen molar-refractivity contribution in [2.24, 2.45) is 0 Å². The van der Waals surface area contributed by atoms with Crippen molar-refractivity contribution in [3.8, 4) is 0 Å². The van der Waals surface area contributed by atoms with Gasteiger partial charge in [0.05, 0.1) is 12.2 Å². The number of rotatable bonds is 6. The number of nitrogens with one attached hydrogen (secondary N) is 1. The summed E-state index contributed by atoms with van der Waals surface area (Å²) in [6, 6.07) is 0. The second kappa shape index (κ2) is 6.62. The number of ether oxygens (including phenoxy) is 1. The Labute approximate surface area is 70.3 Å². The number of likely N-dealkylation sites (N-methyl/N-ethyl adjacent to an activating group) is 1. The Morgan fingerprint density at radius 1 is 1.27 bits per heavy atom. The molecule has 1 N–H and O–H groups in total. The summed E-state index contributed by atoms with van der Waals surface area (Å²) in [6.07, 6.45) is 3.10. The molecule has 0 fully saturated rings. The Kier molecular flexibility index (Phi) is 6.57. The summed E-state index contributed by atoms with van der Waals surface area (Å²) < 4.78 is 5.67. The number of hydrogen-bond donors (Lipinski definition) is 1. The summed E-state index contributed by atoms with van der Waals surface area (Å²) >= 11 is 0. The quantitative estimate of drug-likeness (QED) is 0.638. The van der Waals surface area contributed by atoms with Gasteiger partial charge in [-0.1, -0.05) is 13.3 Å². The molecule has 11 heavy (non-hydrogen) atoms. The van der Waals surface area contributed by atoms with Crippen LogP contribution in [0.2, 0.25) is 0 Å². The van der Waals surface area contributed by atoms with Crippen molar-refractivity contribution in [2.45, 2.75) is 45.8 Å². The van der Waals surface area contributed by atoms with Crippen LogP contribution in [-0.4, -0.2) is 25.8 Å². The summed E-state index contributed by atoms with van der Waals surface area (Å²) in [6.45, 7) is 7.36. The highest BCUT2D eigenvalue weighted by Crippen LogP contribution is 2.03. The van der Waals surface area contributed by atoms with Gasteiger partial charge in [0.25, 0.3) is 0 Å². The highest BCUT2D eigenvalue weighted by molar-refractivity contribution is 4.56. The molecule has 2 unspecified atom stereocenters. The van der Waals surface area contributed by atoms with E-state index in [1.165, 1.54) is 6.42 Å². The van der Waals surface area contributed by atoms with E-state index in [0.29, 0.717) is 12.2 Å². The lowest BCUT2D eigenvalue weighted by atomic mass is 10.2. The van der Waals surface area contributed by atoms with E-state index in [4.69, 9.17) is 4.74 Å². The Morgan fingerprint density at radius 2 is 1.91 bits per heavy atom. The van der Waals surface area contributed by atoms with Crippen molar-refractivity contribution >= 4 is 0 Å². The van der Waals surface area contributed by atoms with Gasteiger partial charge in [-0.15, -0.1) is 0 Å². The molecule has 0 aliphatic rings. The highest BCUT2D eigenvalue weighted by Gasteiger charge is 2.05. The topological polar surface area (TPSA) is 21.3 Å². The van der Waals surface area contributed by atoms with Crippen LogP contribution in [0.5, 0.6) is 0 Å². The summed E-state index contributed by atoms with van der Waals surface area (Å²) in [5, 5.41) is 3.09. The monoisotopic (exact) mass is 159 g/mol. The zero-order valence-corrected chi connectivity index (χ0v) is 8.18. The van der Waals surface area contributed by atoms with Gasteiger partial charge in [-0.2, -0.15) is 0 Å². The van der Waals surface area contributed by atoms with E-state index in [0.717, 1.165) is 13.0 Å². The van der Waals surface area contributed by atoms with Crippen molar-refractivity contribution in [1.82, 2.24) is 5.32 Å². The van der Waals surface area contributed by atoms with Crippen LogP contribution in [0, 0.1) is 0 Å². The van der Waals surface area contributed by atoms with Gasteiger partial charge in [0.1, 0.15) is 0 Å². The fourth-order valence-electron chi connectivity index (χ4n) is 1.21. The predicted molar refractivity (Wildman–Crippen MR) is 48.8 cm³/mol. The SMILES string of the molecule is CCCC(C)OC(C)CNC. The fourth-order valence-corrected chi connectivity index (χ4v) is 1.21. The summed E-state index contributed by atoms with van der Waals surface area (Å²) in [4.78, 5) is 0. The maximum absolute atomic E-state index is 5.67. The standard InChI is InChI=1S/C9H21NO/c1-5-6-8(2)11-9(3)7-10-4/h8-10H,5-7H2,1-4H3. The van der Waals surface area contributed by atoms with Crippen LogP contribution in [0.15, 0.2) is 0 Å². The van der Waals surface area contributed by atoms with Gasteiger partial charge < -0.3 is 10.1 Å². The maximum atomic E-state index is 5.67. The molecular weight excluding hydrogens is 138 g/mol. The van der Waals surface area contributed by atoms with Gasteiger partial charge in [0.15, 0.2) is 0 Å². The van der Waals surface area contributed by atoms with Crippen molar-refractivity contribution < 1.29 is 4.74 Å². The first-order chi connectivity index (χ1) is 5.20. The first-order valence-electron chi connectivity index (χ1n) is 4.50. The fraction of sp³-hybridized carbons (Fsp3) is 1.00. The normalized spacial score (nSPS) is 16.4. The molecule has 0 rings (SSSR count). The molecular formula is C9H21NO. The lowest BCUT2D eigenvalue weighted by Gasteiger charge is -2.18. The average molecular weight is 159 g/mol. The van der Waals surface area contributed by atoms with E-state index in [-0.39, 0.29) is 0 Å². The summed E-state index contributed by atoms with van der Waals surface area (Å²) in [7, 11) is 1.95. The molecule has 0 bridgehead atoms. The zero-order valence-electron chi connectivity index (χ0n) is 8.18. The van der Waals surface area contributed by atoms with Crippen molar-refractivity contribution in [2.75, 3.05) is 13.6 Å². The molecule has 0 amide bonds. The summed E-state index contributed by atoms with van der Waals surface area (Å²) in [5.74, 6) is 0. The molecule has 0 radical (unpaired) electrons. The minimum atomic E-state index is 0.335. The van der Waals surface area contributed by atoms with Crippen molar-refractivity contribution in [3.05, 3.63) is 0 Å². The molecule has 0 aromatic heterocycles. The minimum absolute atomic E-state index is 0.335. The highest BCUT2D eigenvalue weighted by atomic mass is 16.5. The van der Waals surface area contributed by atoms with Gasteiger partial charge in [0, 0.05) is 6.54 Å². The molecule has 0 saturated carbocycles. The lowest BCUT2D eigenvalue weighted by molar-refractivity contribution is 0.00555. The molecule has 68 valence electrons. The second-order valence-electron chi connectivity index (χ2n) is 3.10. The molecule has 0 aromatic carbocycles. The van der Waals surface area contributed by atoms with Crippen LogP contribution in [0.4, 0.5) is 0 Å².